The van der Waals surface area contributed by atoms with Gasteiger partial charge in [-0.05, 0) is 0 Å². The molecule has 0 aromatic heterocycles. The minimum Gasteiger partial charge on any atom is -1.00 e. The van der Waals surface area contributed by atoms with Crippen molar-refractivity contribution in [2.24, 2.45) is 0 Å². The maximum atomic E-state index is 11.9. The number of hydrogen-bond donors (Lipinski definition) is 1. The summed E-state index contributed by atoms with van der Waals surface area (Å²) >= 11 is 3.43. The normalized spacial score (nSPS) is 13.8. The van der Waals surface area contributed by atoms with E-state index < -0.39 is 74.6 Å². The van der Waals surface area contributed by atoms with Gasteiger partial charge in [-0.3, -0.25) is 0 Å². The van der Waals surface area contributed by atoms with E-state index in [1.807, 2.05) is 0 Å². The average Bonchev–Trinajstić information content (AvgIpc) is 2.29. The van der Waals surface area contributed by atoms with Crippen molar-refractivity contribution >= 4 is 111 Å². The van der Waals surface area contributed by atoms with E-state index in [4.69, 9.17) is 53.4 Å². The molecule has 0 bridgehead atoms. The van der Waals surface area contributed by atoms with E-state index in [2.05, 4.69) is 12.6 Å². The van der Waals surface area contributed by atoms with E-state index in [1.54, 1.807) is 0 Å². The predicted octanol–water partition coefficient (Wildman–Crippen LogP) is -1.27. The van der Waals surface area contributed by atoms with Crippen LogP contribution in [0.1, 0.15) is 1.43 Å². The number of halogens is 5. The summed E-state index contributed by atoms with van der Waals surface area (Å²) in [5, 5.41) is 0. The van der Waals surface area contributed by atoms with Crippen molar-refractivity contribution in [3.8, 4) is 0 Å². The Labute approximate surface area is 211 Å². The van der Waals surface area contributed by atoms with Crippen LogP contribution in [0.5, 0.6) is 0 Å². The Kier molecular flexibility index (Phi) is 9.52. The van der Waals surface area contributed by atoms with Gasteiger partial charge < -0.3 is 1.43 Å². The summed E-state index contributed by atoms with van der Waals surface area (Å²) in [4.78, 5) is -11.1. The SMILES string of the molecule is O=S(=O)(Cl)c1c(S)c(S(=O)(=O)Cl)c(S(=O)(=O)Cl)c(S(=O)(=O)Cl)c1S(=O)(=O)Cl.[H-].[Na+]. The van der Waals surface area contributed by atoms with Crippen molar-refractivity contribution in [3.05, 3.63) is 0 Å². The van der Waals surface area contributed by atoms with E-state index in [-0.39, 0.29) is 31.0 Å². The molecule has 0 spiro atoms. The third kappa shape index (κ3) is 6.40. The van der Waals surface area contributed by atoms with Gasteiger partial charge in [0, 0.05) is 58.3 Å². The van der Waals surface area contributed by atoms with Gasteiger partial charge in [0.05, 0.1) is 0 Å². The number of hydrogen-bond acceptors (Lipinski definition) is 11. The van der Waals surface area contributed by atoms with Crippen molar-refractivity contribution < 1.29 is 73.1 Å². The van der Waals surface area contributed by atoms with Crippen LogP contribution in [-0.2, 0) is 45.3 Å². The summed E-state index contributed by atoms with van der Waals surface area (Å²) in [5.41, 5.74) is 0. The van der Waals surface area contributed by atoms with Crippen LogP contribution in [0.2, 0.25) is 0 Å². The van der Waals surface area contributed by atoms with Gasteiger partial charge in [-0.2, -0.15) is 0 Å². The minimum absolute atomic E-state index is 0. The Morgan fingerprint density at radius 2 is 0.607 bits per heavy atom. The topological polar surface area (TPSA) is 171 Å². The van der Waals surface area contributed by atoms with Crippen LogP contribution in [-0.4, -0.2) is 42.1 Å². The fourth-order valence-electron chi connectivity index (χ4n) is 1.74. The first-order valence-corrected chi connectivity index (χ1v) is 17.2. The van der Waals surface area contributed by atoms with Gasteiger partial charge in [0.25, 0.3) is 45.3 Å². The summed E-state index contributed by atoms with van der Waals surface area (Å²) in [7, 11) is -2.04. The van der Waals surface area contributed by atoms with E-state index in [9.17, 15) is 42.1 Å². The Bertz CT molecular complexity index is 1290. The maximum absolute atomic E-state index is 11.9. The molecular formula is C6H2Cl5NaO10S6. The third-order valence-electron chi connectivity index (χ3n) is 2.47. The van der Waals surface area contributed by atoms with Crippen LogP contribution in [0.15, 0.2) is 29.4 Å². The largest absolute Gasteiger partial charge is 1.00 e. The summed E-state index contributed by atoms with van der Waals surface area (Å²) in [6, 6.07) is 0. The molecule has 158 valence electrons. The van der Waals surface area contributed by atoms with Crippen LogP contribution >= 0.6 is 66.0 Å². The summed E-state index contributed by atoms with van der Waals surface area (Å²) in [6.07, 6.45) is 0. The van der Waals surface area contributed by atoms with Gasteiger partial charge in [-0.25, -0.2) is 42.1 Å². The zero-order chi connectivity index (χ0) is 22.0. The molecule has 1 aromatic carbocycles. The van der Waals surface area contributed by atoms with Crippen molar-refractivity contribution in [2.75, 3.05) is 0 Å². The second-order valence-corrected chi connectivity index (χ2v) is 17.1. The zero-order valence-electron chi connectivity index (χ0n) is 13.5. The second-order valence-electron chi connectivity index (χ2n) is 4.18. The molecule has 0 amide bonds. The molecule has 0 aliphatic rings. The van der Waals surface area contributed by atoms with Gasteiger partial charge in [0.1, 0.15) is 24.5 Å². The maximum Gasteiger partial charge on any atom is 1.00 e. The Morgan fingerprint density at radius 1 is 0.464 bits per heavy atom. The quantitative estimate of drug-likeness (QED) is 0.236. The van der Waals surface area contributed by atoms with Crippen LogP contribution in [0, 0.1) is 0 Å². The second kappa shape index (κ2) is 8.96. The molecule has 0 heterocycles. The molecular weight excluding hydrogens is 625 g/mol. The molecule has 0 aliphatic heterocycles. The van der Waals surface area contributed by atoms with Gasteiger partial charge in [0.2, 0.25) is 0 Å². The first-order valence-electron chi connectivity index (χ1n) is 5.18. The van der Waals surface area contributed by atoms with Crippen molar-refractivity contribution in [1.82, 2.24) is 0 Å². The average molecular weight is 627 g/mol. The van der Waals surface area contributed by atoms with E-state index in [1.165, 1.54) is 0 Å². The molecule has 0 aliphatic carbocycles. The zero-order valence-corrected chi connectivity index (χ0v) is 23.2. The standard InChI is InChI=1S/C6HCl5O10S6.Na.H/c7-23(12,13)2-1(22)3(24(8,14)15)5(26(10,18)19)6(27(11,20)21)4(2)25(9,16)17;;/h22H;;/q;+1;-1. The van der Waals surface area contributed by atoms with E-state index >= 15 is 0 Å². The van der Waals surface area contributed by atoms with Gasteiger partial charge in [0.15, 0.2) is 0 Å². The molecule has 0 unspecified atom stereocenters. The molecule has 28 heavy (non-hydrogen) atoms. The summed E-state index contributed by atoms with van der Waals surface area (Å²) in [5.74, 6) is 0. The van der Waals surface area contributed by atoms with E-state index in [0.717, 1.165) is 0 Å². The summed E-state index contributed by atoms with van der Waals surface area (Å²) < 4.78 is 118. The monoisotopic (exact) mass is 624 g/mol. The van der Waals surface area contributed by atoms with Crippen LogP contribution in [0.3, 0.4) is 0 Å². The molecule has 1 rings (SSSR count). The molecule has 0 fully saturated rings. The third-order valence-corrected chi connectivity index (χ3v) is 10.5. The Balaban J connectivity index is 0. The van der Waals surface area contributed by atoms with Crippen LogP contribution < -0.4 is 29.6 Å². The Hall–Kier alpha value is 1.77. The number of benzene rings is 1. The minimum atomic E-state index is -5.55. The van der Waals surface area contributed by atoms with Gasteiger partial charge >= 0.3 is 29.6 Å². The smallest absolute Gasteiger partial charge is 1.00 e. The Morgan fingerprint density at radius 3 is 0.750 bits per heavy atom. The van der Waals surface area contributed by atoms with Crippen LogP contribution in [0.4, 0.5) is 0 Å². The van der Waals surface area contributed by atoms with Crippen molar-refractivity contribution in [3.63, 3.8) is 0 Å². The molecule has 0 atom stereocenters. The van der Waals surface area contributed by atoms with Crippen molar-refractivity contribution in [2.45, 2.75) is 29.4 Å². The van der Waals surface area contributed by atoms with Gasteiger partial charge in [-0.15, -0.1) is 12.6 Å². The fourth-order valence-corrected chi connectivity index (χ4v) is 12.7. The van der Waals surface area contributed by atoms with Crippen molar-refractivity contribution in [1.29, 1.82) is 0 Å². The molecule has 22 heteroatoms. The number of thiol groups is 1. The molecule has 0 saturated heterocycles. The van der Waals surface area contributed by atoms with E-state index in [0.29, 0.717) is 0 Å². The first kappa shape index (κ1) is 29.8. The van der Waals surface area contributed by atoms with Gasteiger partial charge in [-0.1, -0.05) is 0 Å². The molecule has 0 N–H and O–H groups in total. The molecule has 0 saturated carbocycles. The first-order chi connectivity index (χ1) is 11.5. The number of rotatable bonds is 5. The summed E-state index contributed by atoms with van der Waals surface area (Å²) in [6.45, 7) is 0. The molecule has 1 aromatic rings. The fraction of sp³-hybridized carbons (Fsp3) is 0. The van der Waals surface area contributed by atoms with Crippen LogP contribution in [0.25, 0.3) is 0 Å². The molecule has 0 radical (unpaired) electrons. The molecule has 10 nitrogen and oxygen atoms in total. The predicted molar refractivity (Wildman–Crippen MR) is 100 cm³/mol.